The lowest BCUT2D eigenvalue weighted by Gasteiger charge is -2.26. The van der Waals surface area contributed by atoms with Crippen molar-refractivity contribution in [1.29, 1.82) is 0 Å². The Balaban J connectivity index is 2.21. The summed E-state index contributed by atoms with van der Waals surface area (Å²) in [4.78, 5) is 2.58. The second-order valence-corrected chi connectivity index (χ2v) is 6.33. The van der Waals surface area contributed by atoms with Crippen LogP contribution in [0.4, 0.5) is 5.69 Å². The van der Waals surface area contributed by atoms with E-state index in [4.69, 9.17) is 0 Å². The van der Waals surface area contributed by atoms with Crippen molar-refractivity contribution in [3.8, 4) is 0 Å². The van der Waals surface area contributed by atoms with Crippen molar-refractivity contribution in [3.63, 3.8) is 0 Å². The van der Waals surface area contributed by atoms with Gasteiger partial charge in [-0.15, -0.1) is 0 Å². The van der Waals surface area contributed by atoms with Crippen LogP contribution in [0.5, 0.6) is 0 Å². The Morgan fingerprint density at radius 3 is 2.40 bits per heavy atom. The molecule has 3 atom stereocenters. The van der Waals surface area contributed by atoms with E-state index >= 15 is 0 Å². The van der Waals surface area contributed by atoms with Crippen LogP contribution in [-0.2, 0) is 0 Å². The van der Waals surface area contributed by atoms with Crippen LogP contribution in [0.2, 0.25) is 0 Å². The summed E-state index contributed by atoms with van der Waals surface area (Å²) in [5.41, 5.74) is 2.92. The highest BCUT2D eigenvalue weighted by Crippen LogP contribution is 2.33. The standard InChI is InChI=1S/C18H30N2/c1-5-11-19-17(6-2)16-9-7-8-10-18(16)20-12-14(3)15(4)13-20/h7-10,14-15,17,19H,5-6,11-13H2,1-4H3. The number of hydrogen-bond acceptors (Lipinski definition) is 2. The highest BCUT2D eigenvalue weighted by molar-refractivity contribution is 5.56. The number of nitrogens with one attached hydrogen (secondary N) is 1. The molecule has 2 rings (SSSR count). The molecule has 1 saturated heterocycles. The van der Waals surface area contributed by atoms with Crippen molar-refractivity contribution in [1.82, 2.24) is 5.32 Å². The van der Waals surface area contributed by atoms with Crippen LogP contribution < -0.4 is 10.2 Å². The Hall–Kier alpha value is -1.02. The van der Waals surface area contributed by atoms with Gasteiger partial charge >= 0.3 is 0 Å². The van der Waals surface area contributed by atoms with Gasteiger partial charge in [-0.1, -0.05) is 45.9 Å². The van der Waals surface area contributed by atoms with Crippen LogP contribution in [0, 0.1) is 11.8 Å². The average molecular weight is 274 g/mol. The number of nitrogens with zero attached hydrogens (tertiary/aromatic N) is 1. The Labute approximate surface area is 124 Å². The molecule has 0 aromatic heterocycles. The molecule has 3 unspecified atom stereocenters. The molecule has 20 heavy (non-hydrogen) atoms. The predicted molar refractivity (Wildman–Crippen MR) is 88.3 cm³/mol. The van der Waals surface area contributed by atoms with Crippen LogP contribution in [0.15, 0.2) is 24.3 Å². The first kappa shape index (κ1) is 15.4. The topological polar surface area (TPSA) is 15.3 Å². The van der Waals surface area contributed by atoms with Gasteiger partial charge in [0, 0.05) is 24.8 Å². The van der Waals surface area contributed by atoms with Gasteiger partial charge < -0.3 is 10.2 Å². The van der Waals surface area contributed by atoms with Gasteiger partial charge in [0.25, 0.3) is 0 Å². The van der Waals surface area contributed by atoms with Crippen molar-refractivity contribution in [2.45, 2.75) is 46.6 Å². The van der Waals surface area contributed by atoms with E-state index in [2.05, 4.69) is 62.2 Å². The third-order valence-electron chi connectivity index (χ3n) is 4.69. The van der Waals surface area contributed by atoms with Crippen LogP contribution in [0.3, 0.4) is 0 Å². The maximum absolute atomic E-state index is 3.70. The minimum Gasteiger partial charge on any atom is -0.371 e. The fourth-order valence-electron chi connectivity index (χ4n) is 3.19. The lowest BCUT2D eigenvalue weighted by molar-refractivity contribution is 0.494. The zero-order valence-electron chi connectivity index (χ0n) is 13.5. The Bertz CT molecular complexity index is 406. The zero-order valence-corrected chi connectivity index (χ0v) is 13.5. The molecule has 2 heteroatoms. The molecular weight excluding hydrogens is 244 g/mol. The summed E-state index contributed by atoms with van der Waals surface area (Å²) in [6.45, 7) is 12.7. The van der Waals surface area contributed by atoms with E-state index in [0.717, 1.165) is 24.8 Å². The molecule has 1 heterocycles. The van der Waals surface area contributed by atoms with Gasteiger partial charge in [0.05, 0.1) is 0 Å². The lowest BCUT2D eigenvalue weighted by atomic mass is 10.0. The third-order valence-corrected chi connectivity index (χ3v) is 4.69. The summed E-state index contributed by atoms with van der Waals surface area (Å²) in [6.07, 6.45) is 2.34. The third kappa shape index (κ3) is 3.35. The SMILES string of the molecule is CCCNC(CC)c1ccccc1N1CC(C)C(C)C1. The lowest BCUT2D eigenvalue weighted by Crippen LogP contribution is -2.26. The van der Waals surface area contributed by atoms with Gasteiger partial charge in [-0.25, -0.2) is 0 Å². The van der Waals surface area contributed by atoms with Crippen molar-refractivity contribution >= 4 is 5.69 Å². The number of benzene rings is 1. The molecule has 1 N–H and O–H groups in total. The maximum Gasteiger partial charge on any atom is 0.0414 e. The van der Waals surface area contributed by atoms with E-state index in [9.17, 15) is 0 Å². The van der Waals surface area contributed by atoms with E-state index in [1.165, 1.54) is 30.8 Å². The zero-order chi connectivity index (χ0) is 14.5. The van der Waals surface area contributed by atoms with Gasteiger partial charge in [-0.3, -0.25) is 0 Å². The molecule has 1 aliphatic heterocycles. The molecule has 1 fully saturated rings. The Morgan fingerprint density at radius 1 is 1.15 bits per heavy atom. The Morgan fingerprint density at radius 2 is 1.80 bits per heavy atom. The van der Waals surface area contributed by atoms with Crippen molar-refractivity contribution in [2.75, 3.05) is 24.5 Å². The van der Waals surface area contributed by atoms with Crippen LogP contribution in [0.25, 0.3) is 0 Å². The molecule has 1 aromatic carbocycles. The first-order valence-electron chi connectivity index (χ1n) is 8.24. The predicted octanol–water partition coefficient (Wildman–Crippen LogP) is 4.23. The molecule has 0 radical (unpaired) electrons. The summed E-state index contributed by atoms with van der Waals surface area (Å²) in [5, 5.41) is 3.70. The van der Waals surface area contributed by atoms with Gasteiger partial charge in [-0.2, -0.15) is 0 Å². The van der Waals surface area contributed by atoms with Crippen molar-refractivity contribution < 1.29 is 0 Å². The summed E-state index contributed by atoms with van der Waals surface area (Å²) in [7, 11) is 0. The largest absolute Gasteiger partial charge is 0.371 e. The first-order valence-corrected chi connectivity index (χ1v) is 8.24. The van der Waals surface area contributed by atoms with E-state index in [-0.39, 0.29) is 0 Å². The maximum atomic E-state index is 3.70. The van der Waals surface area contributed by atoms with E-state index in [0.29, 0.717) is 6.04 Å². The first-order chi connectivity index (χ1) is 9.67. The Kier molecular flexibility index (Phi) is 5.47. The number of rotatable bonds is 6. The molecule has 0 bridgehead atoms. The fourth-order valence-corrected chi connectivity index (χ4v) is 3.19. The minimum absolute atomic E-state index is 0.484. The molecule has 0 spiro atoms. The molecule has 2 nitrogen and oxygen atoms in total. The summed E-state index contributed by atoms with van der Waals surface area (Å²) in [5.74, 6) is 1.60. The van der Waals surface area contributed by atoms with E-state index in [1.54, 1.807) is 0 Å². The number of hydrogen-bond donors (Lipinski definition) is 1. The smallest absolute Gasteiger partial charge is 0.0414 e. The monoisotopic (exact) mass is 274 g/mol. The number of anilines is 1. The van der Waals surface area contributed by atoms with Crippen molar-refractivity contribution in [3.05, 3.63) is 29.8 Å². The fraction of sp³-hybridized carbons (Fsp3) is 0.667. The second kappa shape index (κ2) is 7.12. The summed E-state index contributed by atoms with van der Waals surface area (Å²) < 4.78 is 0. The molecule has 112 valence electrons. The summed E-state index contributed by atoms with van der Waals surface area (Å²) in [6, 6.07) is 9.45. The molecule has 1 aromatic rings. The molecule has 0 saturated carbocycles. The number of para-hydroxylation sites is 1. The second-order valence-electron chi connectivity index (χ2n) is 6.33. The molecule has 1 aliphatic rings. The van der Waals surface area contributed by atoms with Gasteiger partial charge in [0.2, 0.25) is 0 Å². The van der Waals surface area contributed by atoms with Gasteiger partial charge in [-0.05, 0) is 42.9 Å². The van der Waals surface area contributed by atoms with Crippen LogP contribution in [0.1, 0.15) is 52.1 Å². The van der Waals surface area contributed by atoms with E-state index < -0.39 is 0 Å². The van der Waals surface area contributed by atoms with Crippen molar-refractivity contribution in [2.24, 2.45) is 11.8 Å². The molecular formula is C18H30N2. The minimum atomic E-state index is 0.484. The van der Waals surface area contributed by atoms with Crippen LogP contribution >= 0.6 is 0 Å². The van der Waals surface area contributed by atoms with Crippen LogP contribution in [-0.4, -0.2) is 19.6 Å². The molecule has 0 amide bonds. The van der Waals surface area contributed by atoms with Gasteiger partial charge in [0.15, 0.2) is 0 Å². The highest BCUT2D eigenvalue weighted by Gasteiger charge is 2.28. The quantitative estimate of drug-likeness (QED) is 0.835. The normalized spacial score (nSPS) is 24.1. The van der Waals surface area contributed by atoms with E-state index in [1.807, 2.05) is 0 Å². The van der Waals surface area contributed by atoms with Gasteiger partial charge in [0.1, 0.15) is 0 Å². The highest BCUT2D eigenvalue weighted by atomic mass is 15.2. The molecule has 0 aliphatic carbocycles. The summed E-state index contributed by atoms with van der Waals surface area (Å²) >= 11 is 0. The average Bonchev–Trinajstić information content (AvgIpc) is 2.80.